The third-order valence-electron chi connectivity index (χ3n) is 4.92. The van der Waals surface area contributed by atoms with Crippen molar-refractivity contribution in [3.05, 3.63) is 17.8 Å². The summed E-state index contributed by atoms with van der Waals surface area (Å²) >= 11 is 0. The molecule has 1 aromatic heterocycles. The van der Waals surface area contributed by atoms with Gasteiger partial charge in [-0.2, -0.15) is 5.10 Å². The molecule has 0 aliphatic carbocycles. The van der Waals surface area contributed by atoms with E-state index in [2.05, 4.69) is 26.9 Å². The summed E-state index contributed by atoms with van der Waals surface area (Å²) in [6.07, 6.45) is 4.28. The summed E-state index contributed by atoms with van der Waals surface area (Å²) in [5.74, 6) is 2.16. The number of anilines is 1. The number of hydrogen-bond donors (Lipinski definition) is 0. The van der Waals surface area contributed by atoms with Gasteiger partial charge >= 0.3 is 0 Å². The summed E-state index contributed by atoms with van der Waals surface area (Å²) < 4.78 is 0. The van der Waals surface area contributed by atoms with Crippen LogP contribution >= 0.6 is 0 Å². The minimum Gasteiger partial charge on any atom is -0.355 e. The van der Waals surface area contributed by atoms with E-state index in [1.165, 1.54) is 6.42 Å². The smallest absolute Gasteiger partial charge is 0.225 e. The molecular formula is C17H26N4O. The average molecular weight is 302 g/mol. The van der Waals surface area contributed by atoms with Crippen LogP contribution in [0, 0.1) is 18.8 Å². The molecule has 2 saturated heterocycles. The molecule has 2 aliphatic heterocycles. The molecule has 1 amide bonds. The van der Waals surface area contributed by atoms with Crippen LogP contribution in [0.4, 0.5) is 5.82 Å². The Morgan fingerprint density at radius 2 is 1.91 bits per heavy atom. The first kappa shape index (κ1) is 15.3. The van der Waals surface area contributed by atoms with Crippen molar-refractivity contribution in [1.82, 2.24) is 15.1 Å². The number of amides is 1. The van der Waals surface area contributed by atoms with Crippen LogP contribution in [-0.2, 0) is 4.79 Å². The summed E-state index contributed by atoms with van der Waals surface area (Å²) in [6, 6.07) is 4.02. The highest BCUT2D eigenvalue weighted by Gasteiger charge is 2.30. The van der Waals surface area contributed by atoms with Gasteiger partial charge in [0.05, 0.1) is 5.69 Å². The Bertz CT molecular complexity index is 508. The van der Waals surface area contributed by atoms with Crippen LogP contribution in [0.3, 0.4) is 0 Å². The largest absolute Gasteiger partial charge is 0.355 e. The fourth-order valence-corrected chi connectivity index (χ4v) is 3.56. The van der Waals surface area contributed by atoms with Crippen LogP contribution in [0.25, 0.3) is 0 Å². The fraction of sp³-hybridized carbons (Fsp3) is 0.706. The van der Waals surface area contributed by atoms with E-state index in [0.717, 1.165) is 57.0 Å². The molecule has 2 fully saturated rings. The third kappa shape index (κ3) is 3.39. The number of carbonyl (C=O) groups is 1. The summed E-state index contributed by atoms with van der Waals surface area (Å²) in [6.45, 7) is 7.89. The van der Waals surface area contributed by atoms with Crippen molar-refractivity contribution in [2.75, 3.05) is 31.1 Å². The van der Waals surface area contributed by atoms with Crippen molar-refractivity contribution >= 4 is 11.7 Å². The molecule has 3 rings (SSSR count). The molecule has 0 radical (unpaired) electrons. The number of carbonyl (C=O) groups excluding carboxylic acids is 1. The Labute approximate surface area is 132 Å². The molecule has 1 aromatic rings. The van der Waals surface area contributed by atoms with Crippen molar-refractivity contribution in [3.63, 3.8) is 0 Å². The second-order valence-corrected chi connectivity index (χ2v) is 6.83. The van der Waals surface area contributed by atoms with E-state index in [1.807, 2.05) is 19.1 Å². The Morgan fingerprint density at radius 1 is 1.14 bits per heavy atom. The predicted molar refractivity (Wildman–Crippen MR) is 86.7 cm³/mol. The van der Waals surface area contributed by atoms with Gasteiger partial charge in [-0.25, -0.2) is 0 Å². The quantitative estimate of drug-likeness (QED) is 0.841. The highest BCUT2D eigenvalue weighted by atomic mass is 16.2. The zero-order chi connectivity index (χ0) is 15.5. The van der Waals surface area contributed by atoms with Crippen LogP contribution < -0.4 is 4.90 Å². The Hall–Kier alpha value is -1.65. The summed E-state index contributed by atoms with van der Waals surface area (Å²) in [4.78, 5) is 17.0. The topological polar surface area (TPSA) is 49.3 Å². The summed E-state index contributed by atoms with van der Waals surface area (Å²) in [5.41, 5.74) is 0.938. The van der Waals surface area contributed by atoms with Crippen molar-refractivity contribution in [2.45, 2.75) is 39.5 Å². The average Bonchev–Trinajstić information content (AvgIpc) is 2.55. The number of piperidine rings is 2. The van der Waals surface area contributed by atoms with E-state index in [4.69, 9.17) is 0 Å². The second kappa shape index (κ2) is 6.63. The van der Waals surface area contributed by atoms with E-state index >= 15 is 0 Å². The molecule has 2 aliphatic rings. The number of likely N-dealkylation sites (tertiary alicyclic amines) is 1. The lowest BCUT2D eigenvalue weighted by atomic mass is 9.93. The molecule has 120 valence electrons. The van der Waals surface area contributed by atoms with E-state index in [9.17, 15) is 4.79 Å². The van der Waals surface area contributed by atoms with E-state index < -0.39 is 0 Å². The molecule has 1 atom stereocenters. The fourth-order valence-electron chi connectivity index (χ4n) is 3.56. The lowest BCUT2D eigenvalue weighted by Crippen LogP contribution is -2.46. The van der Waals surface area contributed by atoms with Crippen LogP contribution in [-0.4, -0.2) is 47.2 Å². The SMILES string of the molecule is Cc1ccc(N2CCC(C(=O)N3CCCC(C)C3)CC2)nn1. The van der Waals surface area contributed by atoms with Gasteiger partial charge in [0.1, 0.15) is 0 Å². The van der Waals surface area contributed by atoms with Gasteiger partial charge in [-0.15, -0.1) is 5.10 Å². The van der Waals surface area contributed by atoms with Gasteiger partial charge in [0, 0.05) is 32.1 Å². The van der Waals surface area contributed by atoms with Gasteiger partial charge in [-0.1, -0.05) is 6.92 Å². The molecule has 0 saturated carbocycles. The first-order valence-corrected chi connectivity index (χ1v) is 8.47. The van der Waals surface area contributed by atoms with Crippen LogP contribution in [0.15, 0.2) is 12.1 Å². The third-order valence-corrected chi connectivity index (χ3v) is 4.92. The number of nitrogens with zero attached hydrogens (tertiary/aromatic N) is 4. The van der Waals surface area contributed by atoms with Crippen LogP contribution in [0.1, 0.15) is 38.3 Å². The Balaban J connectivity index is 1.55. The maximum atomic E-state index is 12.7. The number of aryl methyl sites for hydroxylation is 1. The molecule has 3 heterocycles. The van der Waals surface area contributed by atoms with Crippen molar-refractivity contribution in [1.29, 1.82) is 0 Å². The van der Waals surface area contributed by atoms with Gasteiger partial charge in [-0.05, 0) is 50.7 Å². The lowest BCUT2D eigenvalue weighted by Gasteiger charge is -2.37. The van der Waals surface area contributed by atoms with Gasteiger partial charge in [0.25, 0.3) is 0 Å². The standard InChI is InChI=1S/C17H26N4O/c1-13-4-3-9-21(12-13)17(22)15-7-10-20(11-8-15)16-6-5-14(2)18-19-16/h5-6,13,15H,3-4,7-12H2,1-2H3. The van der Waals surface area contributed by atoms with Gasteiger partial charge in [-0.3, -0.25) is 4.79 Å². The van der Waals surface area contributed by atoms with Crippen molar-refractivity contribution in [3.8, 4) is 0 Å². The van der Waals surface area contributed by atoms with Crippen molar-refractivity contribution in [2.24, 2.45) is 11.8 Å². The number of hydrogen-bond acceptors (Lipinski definition) is 4. The highest BCUT2D eigenvalue weighted by molar-refractivity contribution is 5.79. The van der Waals surface area contributed by atoms with Gasteiger partial charge < -0.3 is 9.80 Å². The van der Waals surface area contributed by atoms with Gasteiger partial charge in [0.15, 0.2) is 5.82 Å². The van der Waals surface area contributed by atoms with E-state index in [0.29, 0.717) is 11.8 Å². The first-order valence-electron chi connectivity index (χ1n) is 8.47. The molecule has 0 bridgehead atoms. The zero-order valence-electron chi connectivity index (χ0n) is 13.7. The molecule has 1 unspecified atom stereocenters. The van der Waals surface area contributed by atoms with Crippen molar-refractivity contribution < 1.29 is 4.79 Å². The number of aromatic nitrogens is 2. The minimum absolute atomic E-state index is 0.194. The predicted octanol–water partition coefficient (Wildman–Crippen LogP) is 2.26. The minimum atomic E-state index is 0.194. The van der Waals surface area contributed by atoms with Crippen LogP contribution in [0.2, 0.25) is 0 Å². The monoisotopic (exact) mass is 302 g/mol. The van der Waals surface area contributed by atoms with Gasteiger partial charge in [0.2, 0.25) is 5.91 Å². The Kier molecular flexibility index (Phi) is 4.60. The number of rotatable bonds is 2. The summed E-state index contributed by atoms with van der Waals surface area (Å²) in [5, 5.41) is 8.38. The molecule has 0 N–H and O–H groups in total. The zero-order valence-corrected chi connectivity index (χ0v) is 13.7. The van der Waals surface area contributed by atoms with E-state index in [1.54, 1.807) is 0 Å². The van der Waals surface area contributed by atoms with E-state index in [-0.39, 0.29) is 5.92 Å². The maximum absolute atomic E-state index is 12.7. The maximum Gasteiger partial charge on any atom is 0.225 e. The lowest BCUT2D eigenvalue weighted by molar-refractivity contribution is -0.137. The molecule has 5 nitrogen and oxygen atoms in total. The molecule has 0 aromatic carbocycles. The second-order valence-electron chi connectivity index (χ2n) is 6.83. The van der Waals surface area contributed by atoms with Crippen LogP contribution in [0.5, 0.6) is 0 Å². The molecular weight excluding hydrogens is 276 g/mol. The molecule has 0 spiro atoms. The highest BCUT2D eigenvalue weighted by Crippen LogP contribution is 2.25. The molecule has 22 heavy (non-hydrogen) atoms. The normalized spacial score (nSPS) is 23.6. The Morgan fingerprint density at radius 3 is 2.55 bits per heavy atom. The first-order chi connectivity index (χ1) is 10.6. The molecule has 5 heteroatoms. The summed E-state index contributed by atoms with van der Waals surface area (Å²) in [7, 11) is 0.